The van der Waals surface area contributed by atoms with Crippen LogP contribution in [-0.4, -0.2) is 27.9 Å². The van der Waals surface area contributed by atoms with E-state index in [9.17, 15) is 14.4 Å². The first kappa shape index (κ1) is 24.2. The number of hydrogen-bond acceptors (Lipinski definition) is 7. The molecule has 2 heterocycles. The third-order valence-corrected chi connectivity index (χ3v) is 6.61. The van der Waals surface area contributed by atoms with Gasteiger partial charge in [-0.1, -0.05) is 35.9 Å². The van der Waals surface area contributed by atoms with Crippen LogP contribution in [0.2, 0.25) is 0 Å². The predicted molar refractivity (Wildman–Crippen MR) is 135 cm³/mol. The number of H-pyrrole nitrogens is 1. The number of aryl methyl sites for hydroxylation is 3. The molecule has 8 nitrogen and oxygen atoms in total. The zero-order valence-electron chi connectivity index (χ0n) is 19.8. The lowest BCUT2D eigenvalue weighted by Gasteiger charge is -2.13. The summed E-state index contributed by atoms with van der Waals surface area (Å²) in [6, 6.07) is 14.7. The molecular weight excluding hydrogens is 466 g/mol. The van der Waals surface area contributed by atoms with Gasteiger partial charge < -0.3 is 19.8 Å². The van der Waals surface area contributed by atoms with E-state index in [1.165, 1.54) is 0 Å². The largest absolute Gasteiger partial charge is 0.479 e. The molecule has 0 unspecified atom stereocenters. The van der Waals surface area contributed by atoms with Gasteiger partial charge in [0.1, 0.15) is 23.0 Å². The Morgan fingerprint density at radius 3 is 2.57 bits per heavy atom. The van der Waals surface area contributed by atoms with Crippen LogP contribution in [0.25, 0.3) is 10.2 Å². The topological polar surface area (TPSA) is 110 Å². The van der Waals surface area contributed by atoms with Crippen molar-refractivity contribution in [2.45, 2.75) is 40.4 Å². The summed E-state index contributed by atoms with van der Waals surface area (Å²) >= 11 is 1.12. The van der Waals surface area contributed by atoms with Crippen molar-refractivity contribution >= 4 is 39.1 Å². The van der Waals surface area contributed by atoms with Crippen LogP contribution >= 0.6 is 11.3 Å². The number of ether oxygens (including phenoxy) is 2. The minimum atomic E-state index is -0.836. The van der Waals surface area contributed by atoms with Crippen molar-refractivity contribution in [2.75, 3.05) is 5.32 Å². The summed E-state index contributed by atoms with van der Waals surface area (Å²) in [4.78, 5) is 45.9. The minimum Gasteiger partial charge on any atom is -0.479 e. The van der Waals surface area contributed by atoms with Gasteiger partial charge >= 0.3 is 5.97 Å². The number of aromatic nitrogens is 2. The number of carbonyl (C=O) groups is 2. The lowest BCUT2D eigenvalue weighted by atomic mass is 10.1. The molecule has 0 aliphatic rings. The van der Waals surface area contributed by atoms with E-state index in [1.807, 2.05) is 38.1 Å². The maximum atomic E-state index is 13.0. The Labute approximate surface area is 205 Å². The Bertz CT molecular complexity index is 1460. The summed E-state index contributed by atoms with van der Waals surface area (Å²) in [6.45, 7) is 6.98. The van der Waals surface area contributed by atoms with Gasteiger partial charge in [-0.05, 0) is 57.0 Å². The van der Waals surface area contributed by atoms with Gasteiger partial charge in [-0.25, -0.2) is 9.78 Å². The fourth-order valence-electron chi connectivity index (χ4n) is 3.61. The zero-order chi connectivity index (χ0) is 25.1. The number of benzene rings is 2. The molecule has 0 saturated carbocycles. The Hall–Kier alpha value is -3.98. The number of nitrogens with one attached hydrogen (secondary N) is 2. The molecule has 1 atom stereocenters. The SMILES string of the molecule is Cc1ccc(NC(=O)c2sc3nc(COC(=O)[C@@H](C)Oc4ccccc4)[nH]c(=O)c3c2C)c(C)c1. The highest BCUT2D eigenvalue weighted by atomic mass is 32.1. The number of nitrogens with zero attached hydrogens (tertiary/aromatic N) is 1. The zero-order valence-corrected chi connectivity index (χ0v) is 20.6. The molecule has 4 aromatic rings. The number of carbonyl (C=O) groups excluding carboxylic acids is 2. The molecule has 2 N–H and O–H groups in total. The fraction of sp³-hybridized carbons (Fsp3) is 0.231. The normalized spacial score (nSPS) is 11.8. The quantitative estimate of drug-likeness (QED) is 0.364. The van der Waals surface area contributed by atoms with Gasteiger partial charge in [0.2, 0.25) is 0 Å². The molecule has 0 aliphatic heterocycles. The van der Waals surface area contributed by atoms with Gasteiger partial charge in [0.05, 0.1) is 10.3 Å². The average molecular weight is 492 g/mol. The van der Waals surface area contributed by atoms with Gasteiger partial charge in [-0.2, -0.15) is 0 Å². The van der Waals surface area contributed by atoms with Crippen LogP contribution in [0.5, 0.6) is 5.75 Å². The highest BCUT2D eigenvalue weighted by Crippen LogP contribution is 2.28. The van der Waals surface area contributed by atoms with Crippen molar-refractivity contribution in [1.29, 1.82) is 0 Å². The number of esters is 1. The number of para-hydroxylation sites is 1. The van der Waals surface area contributed by atoms with Crippen LogP contribution < -0.4 is 15.6 Å². The second-order valence-electron chi connectivity index (χ2n) is 8.20. The van der Waals surface area contributed by atoms with Gasteiger partial charge in [0, 0.05) is 5.69 Å². The summed E-state index contributed by atoms with van der Waals surface area (Å²) in [6.07, 6.45) is -0.836. The summed E-state index contributed by atoms with van der Waals surface area (Å²) < 4.78 is 10.8. The van der Waals surface area contributed by atoms with E-state index in [0.717, 1.165) is 22.5 Å². The second kappa shape index (κ2) is 10.1. The van der Waals surface area contributed by atoms with Gasteiger partial charge in [0.15, 0.2) is 6.10 Å². The molecule has 35 heavy (non-hydrogen) atoms. The highest BCUT2D eigenvalue weighted by molar-refractivity contribution is 7.20. The van der Waals surface area contributed by atoms with E-state index in [2.05, 4.69) is 15.3 Å². The standard InChI is InChI=1S/C26H25N3O5S/c1-14-10-11-19(15(2)12-14)27-24(31)22-16(3)21-23(30)28-20(29-25(21)35-22)13-33-26(32)17(4)34-18-8-6-5-7-9-18/h5-12,17H,13H2,1-4H3,(H,27,31)(H,28,29,30)/t17-/m1/s1. The molecule has 0 fully saturated rings. The third kappa shape index (κ3) is 5.41. The number of amides is 1. The van der Waals surface area contributed by atoms with E-state index < -0.39 is 17.6 Å². The van der Waals surface area contributed by atoms with Gasteiger partial charge in [-0.15, -0.1) is 11.3 Å². The first-order valence-corrected chi connectivity index (χ1v) is 11.8. The molecule has 9 heteroatoms. The van der Waals surface area contributed by atoms with Crippen LogP contribution in [0.3, 0.4) is 0 Å². The van der Waals surface area contributed by atoms with E-state index >= 15 is 0 Å². The van der Waals surface area contributed by atoms with E-state index in [4.69, 9.17) is 9.47 Å². The van der Waals surface area contributed by atoms with Crippen molar-refractivity contribution in [3.63, 3.8) is 0 Å². The van der Waals surface area contributed by atoms with Gasteiger partial charge in [0.25, 0.3) is 11.5 Å². The predicted octanol–water partition coefficient (Wildman–Crippen LogP) is 4.67. The first-order valence-electron chi connectivity index (χ1n) is 11.0. The summed E-state index contributed by atoms with van der Waals surface area (Å²) in [5.74, 6) is -0.167. The number of aromatic amines is 1. The van der Waals surface area contributed by atoms with Crippen LogP contribution in [-0.2, 0) is 16.1 Å². The fourth-order valence-corrected chi connectivity index (χ4v) is 4.71. The van der Waals surface area contributed by atoms with Gasteiger partial charge in [-0.3, -0.25) is 9.59 Å². The summed E-state index contributed by atoms with van der Waals surface area (Å²) in [5, 5.41) is 3.25. The Kier molecular flexibility index (Phi) is 6.97. The molecule has 1 amide bonds. The molecule has 180 valence electrons. The Balaban J connectivity index is 1.49. The number of rotatable bonds is 7. The lowest BCUT2D eigenvalue weighted by Crippen LogP contribution is -2.26. The monoisotopic (exact) mass is 491 g/mol. The van der Waals surface area contributed by atoms with Crippen molar-refractivity contribution in [3.8, 4) is 5.75 Å². The molecule has 2 aromatic heterocycles. The van der Waals surface area contributed by atoms with Crippen molar-refractivity contribution < 1.29 is 19.1 Å². The Morgan fingerprint density at radius 2 is 1.86 bits per heavy atom. The molecule has 0 radical (unpaired) electrons. The molecular formula is C26H25N3O5S. The van der Waals surface area contributed by atoms with Crippen LogP contribution in [0.4, 0.5) is 5.69 Å². The molecule has 0 saturated heterocycles. The maximum Gasteiger partial charge on any atom is 0.347 e. The van der Waals surface area contributed by atoms with Crippen LogP contribution in [0.15, 0.2) is 53.3 Å². The van der Waals surface area contributed by atoms with Crippen molar-refractivity contribution in [2.24, 2.45) is 0 Å². The van der Waals surface area contributed by atoms with E-state index in [-0.39, 0.29) is 18.3 Å². The Morgan fingerprint density at radius 1 is 1.11 bits per heavy atom. The highest BCUT2D eigenvalue weighted by Gasteiger charge is 2.21. The van der Waals surface area contributed by atoms with Crippen molar-refractivity contribution in [3.05, 3.63) is 86.3 Å². The molecule has 0 aliphatic carbocycles. The van der Waals surface area contributed by atoms with E-state index in [1.54, 1.807) is 38.1 Å². The molecule has 0 spiro atoms. The van der Waals surface area contributed by atoms with Crippen molar-refractivity contribution in [1.82, 2.24) is 9.97 Å². The second-order valence-corrected chi connectivity index (χ2v) is 9.20. The molecule has 0 bridgehead atoms. The number of thiophene rings is 1. The minimum absolute atomic E-state index is 0.186. The smallest absolute Gasteiger partial charge is 0.347 e. The summed E-state index contributed by atoms with van der Waals surface area (Å²) in [5.41, 5.74) is 2.91. The first-order chi connectivity index (χ1) is 16.7. The van der Waals surface area contributed by atoms with Crippen LogP contribution in [0.1, 0.15) is 39.1 Å². The number of hydrogen-bond donors (Lipinski definition) is 2. The van der Waals surface area contributed by atoms with Crippen LogP contribution in [0, 0.1) is 20.8 Å². The lowest BCUT2D eigenvalue weighted by molar-refractivity contribution is -0.152. The third-order valence-electron chi connectivity index (χ3n) is 5.43. The summed E-state index contributed by atoms with van der Waals surface area (Å²) in [7, 11) is 0. The maximum absolute atomic E-state index is 13.0. The van der Waals surface area contributed by atoms with E-state index in [0.29, 0.717) is 32.1 Å². The molecule has 4 rings (SSSR count). The number of anilines is 1. The number of fused-ring (bicyclic) bond motifs is 1. The average Bonchev–Trinajstić information content (AvgIpc) is 3.16. The molecule has 2 aromatic carbocycles.